The van der Waals surface area contributed by atoms with Gasteiger partial charge in [0.2, 0.25) is 0 Å². The van der Waals surface area contributed by atoms with E-state index >= 15 is 17.6 Å². The Kier molecular flexibility index (Phi) is 20.0. The van der Waals surface area contributed by atoms with E-state index in [0.29, 0.717) is 81.6 Å². The Labute approximate surface area is 622 Å². The highest BCUT2D eigenvalue weighted by Crippen LogP contribution is 2.69. The number of Topliss-reactive ketones (excluding diaryl/α,β-unsaturated/α-hetero) is 2. The number of hydrogen-bond acceptors (Lipinski definition) is 11. The molecule has 0 radical (unpaired) electrons. The Morgan fingerprint density at radius 2 is 0.944 bits per heavy atom. The number of nitrogen functional groups attached to an aromatic ring is 1. The van der Waals surface area contributed by atoms with Gasteiger partial charge in [-0.3, -0.25) is 28.3 Å². The van der Waals surface area contributed by atoms with E-state index in [1.807, 2.05) is 41.5 Å². The summed E-state index contributed by atoms with van der Waals surface area (Å²) in [5.41, 5.74) is 6.85. The summed E-state index contributed by atoms with van der Waals surface area (Å²) in [5.74, 6) is -5.10. The molecule has 30 heteroatoms. The zero-order valence-electron chi connectivity index (χ0n) is 59.4. The van der Waals surface area contributed by atoms with Gasteiger partial charge in [0.25, 0.3) is 24.7 Å². The number of pyridine rings is 2. The van der Waals surface area contributed by atoms with Crippen LogP contribution >= 0.6 is 23.2 Å². The molecule has 10 aromatic rings. The van der Waals surface area contributed by atoms with Crippen LogP contribution in [0.15, 0.2) is 84.9 Å². The lowest BCUT2D eigenvalue weighted by Crippen LogP contribution is -2.24. The molecule has 0 unspecified atom stereocenters. The molecular formula is C78H69Cl2F12N11O4S. The van der Waals surface area contributed by atoms with Gasteiger partial charge in [-0.2, -0.15) is 38.0 Å². The van der Waals surface area contributed by atoms with Gasteiger partial charge in [0, 0.05) is 119 Å². The first-order valence-corrected chi connectivity index (χ1v) is 37.1. The topological polar surface area (TPSA) is 191 Å². The Morgan fingerprint density at radius 1 is 0.565 bits per heavy atom. The number of aryl methyl sites for hydroxylation is 2. The SMILES string of the molecule is Cn1nc(CS(C)(=O)=O)c2c(Cl)ccc(-c3ccc(C#CC(C)(C)C)nc3[C@@H](CC(=O)Cn3nc(C(F)F)c4c3C(F)(F)[C@@H]3C[C@H]43)Cc3cc(F)cc(F)c3)c21.Cn1nc(N)c2c(Cl)ccc(-c3ccc(C#CC(C)(C)C)nc3[C@@H](CC(=O)Cn3nc(C(F)F)c4c3C(F)(F)[C@@H]3C[C@H]43)Cc3cc(F)cc(F)c3)c21. The minimum absolute atomic E-state index is 0.0545. The molecule has 108 heavy (non-hydrogen) atoms. The highest BCUT2D eigenvalue weighted by molar-refractivity contribution is 7.89. The maximum absolute atomic E-state index is 15.4. The number of rotatable bonds is 20. The van der Waals surface area contributed by atoms with Gasteiger partial charge >= 0.3 is 0 Å². The summed E-state index contributed by atoms with van der Waals surface area (Å²) in [6, 6.07) is 19.3. The van der Waals surface area contributed by atoms with Gasteiger partial charge in [0.1, 0.15) is 70.5 Å². The lowest BCUT2D eigenvalue weighted by molar-refractivity contribution is -0.121. The second kappa shape index (κ2) is 28.2. The molecule has 15 nitrogen and oxygen atoms in total. The van der Waals surface area contributed by atoms with Gasteiger partial charge in [0.15, 0.2) is 27.2 Å². The van der Waals surface area contributed by atoms with Crippen molar-refractivity contribution >= 4 is 72.2 Å². The number of nitrogens with two attached hydrogens (primary N) is 1. The summed E-state index contributed by atoms with van der Waals surface area (Å²) in [6.45, 7) is 9.97. The second-order valence-electron chi connectivity index (χ2n) is 30.2. The first kappa shape index (κ1) is 76.7. The fraction of sp³-hybridized carbons (Fsp3) is 0.385. The van der Waals surface area contributed by atoms with E-state index in [0.717, 1.165) is 36.6 Å². The summed E-state index contributed by atoms with van der Waals surface area (Å²) >= 11 is 13.2. The standard InChI is InChI=1S/C40H36ClF6N5O3S.C38H33ClF6N6O/c1-39(2,3)11-10-24-6-7-26(27-8-9-30(41)33-31(19-56(5,54)55)49-51(4)36(27)33)34(48-24)21(12-20-13-22(42)16-23(43)14-20)15-25(53)18-52-37-32(35(50-52)38(44)45)28-17-29(28)40(37,46)47;1-37(2,3)10-9-22-5-6-24(25-7-8-28(39)30-33(25)50(4)49-36(30)46)31(47-22)19(11-18-12-20(40)15-21(41)13-18)14-23(52)17-51-34-29(32(48-51)35(42)43)26-16-27(26)38(34,44)45/h6-9,13-14,16,21,28-29,38H,12,15,17-19H2,1-5H3;5-8,12-13,15,19,26-27,35H,11,14,16-17H2,1-4H3,(H2,46,49)/t21-,28+,29-;19-,26+,27-/m11/s1. The quantitative estimate of drug-likeness (QED) is 0.0564. The summed E-state index contributed by atoms with van der Waals surface area (Å²) in [7, 11) is -0.258. The third-order valence-electron chi connectivity index (χ3n) is 19.5. The molecule has 6 atom stereocenters. The number of aromatic nitrogens is 10. The van der Waals surface area contributed by atoms with E-state index in [4.69, 9.17) is 38.9 Å². The number of nitrogens with zero attached hydrogens (tertiary/aromatic N) is 10. The smallest absolute Gasteiger partial charge is 0.293 e. The summed E-state index contributed by atoms with van der Waals surface area (Å²) in [4.78, 5) is 37.8. The van der Waals surface area contributed by atoms with E-state index in [9.17, 15) is 53.1 Å². The number of carbonyl (C=O) groups excluding carboxylic acids is 2. The van der Waals surface area contributed by atoms with Crippen LogP contribution in [-0.2, 0) is 77.1 Å². The van der Waals surface area contributed by atoms with Crippen molar-refractivity contribution in [3.8, 4) is 45.9 Å². The molecule has 4 aliphatic rings. The maximum atomic E-state index is 15.4. The lowest BCUT2D eigenvalue weighted by Gasteiger charge is -2.22. The number of carbonyl (C=O) groups is 2. The van der Waals surface area contributed by atoms with Gasteiger partial charge in [-0.1, -0.05) is 47.2 Å². The predicted molar refractivity (Wildman–Crippen MR) is 382 cm³/mol. The van der Waals surface area contributed by atoms with Crippen molar-refractivity contribution in [1.82, 2.24) is 49.1 Å². The van der Waals surface area contributed by atoms with Crippen LogP contribution in [-0.4, -0.2) is 75.3 Å². The molecule has 2 fully saturated rings. The summed E-state index contributed by atoms with van der Waals surface area (Å²) in [6.07, 6.45) is -6.13. The van der Waals surface area contributed by atoms with Crippen molar-refractivity contribution in [1.29, 1.82) is 0 Å². The van der Waals surface area contributed by atoms with Gasteiger partial charge in [-0.25, -0.2) is 53.5 Å². The van der Waals surface area contributed by atoms with E-state index in [-0.39, 0.29) is 76.6 Å². The van der Waals surface area contributed by atoms with Crippen molar-refractivity contribution in [2.75, 3.05) is 12.0 Å². The summed E-state index contributed by atoms with van der Waals surface area (Å²) < 4.78 is 205. The van der Waals surface area contributed by atoms with Crippen LogP contribution in [0.1, 0.15) is 177 Å². The number of ketones is 2. The Balaban J connectivity index is 0.000000191. The molecule has 6 heterocycles. The molecule has 4 aromatic carbocycles. The third kappa shape index (κ3) is 15.3. The number of sulfone groups is 1. The van der Waals surface area contributed by atoms with Crippen LogP contribution in [0.4, 0.5) is 58.5 Å². The van der Waals surface area contributed by atoms with Crippen molar-refractivity contribution in [2.45, 2.75) is 147 Å². The number of fused-ring (bicyclic) bond motifs is 8. The molecule has 0 spiro atoms. The minimum atomic E-state index is -3.55. The van der Waals surface area contributed by atoms with Crippen LogP contribution in [0.2, 0.25) is 10.0 Å². The normalized spacial score (nSPS) is 17.9. The molecule has 2 saturated carbocycles. The average Bonchev–Trinajstić information content (AvgIpc) is 1.52. The molecule has 2 N–H and O–H groups in total. The highest BCUT2D eigenvalue weighted by Gasteiger charge is 2.68. The third-order valence-corrected chi connectivity index (χ3v) is 20.9. The number of benzene rings is 4. The van der Waals surface area contributed by atoms with E-state index in [2.05, 4.69) is 44.1 Å². The van der Waals surface area contributed by atoms with Crippen molar-refractivity contribution in [3.63, 3.8) is 0 Å². The zero-order valence-corrected chi connectivity index (χ0v) is 61.8. The second-order valence-corrected chi connectivity index (χ2v) is 33.2. The zero-order chi connectivity index (χ0) is 78.1. The van der Waals surface area contributed by atoms with Gasteiger partial charge in [-0.15, -0.1) is 0 Å². The Hall–Kier alpha value is -9.51. The maximum Gasteiger partial charge on any atom is 0.293 e. The largest absolute Gasteiger partial charge is 0.382 e. The Morgan fingerprint density at radius 3 is 1.33 bits per heavy atom. The lowest BCUT2D eigenvalue weighted by atomic mass is 9.86. The molecule has 0 saturated heterocycles. The summed E-state index contributed by atoms with van der Waals surface area (Å²) in [5, 5.41) is 17.8. The highest BCUT2D eigenvalue weighted by atomic mass is 35.5. The first-order chi connectivity index (χ1) is 50.5. The molecule has 14 rings (SSSR count). The van der Waals surface area contributed by atoms with Crippen LogP contribution < -0.4 is 5.73 Å². The first-order valence-electron chi connectivity index (χ1n) is 34.3. The van der Waals surface area contributed by atoms with Crippen molar-refractivity contribution in [2.24, 2.45) is 36.8 Å². The van der Waals surface area contributed by atoms with Crippen LogP contribution in [0.3, 0.4) is 0 Å². The Bertz CT molecular complexity index is 5580. The molecule has 0 aliphatic heterocycles. The number of anilines is 1. The van der Waals surface area contributed by atoms with E-state index in [1.54, 1.807) is 67.3 Å². The van der Waals surface area contributed by atoms with Gasteiger partial charge in [0.05, 0.1) is 49.3 Å². The van der Waals surface area contributed by atoms with Crippen LogP contribution in [0.5, 0.6) is 0 Å². The molecule has 6 aromatic heterocycles. The van der Waals surface area contributed by atoms with Crippen molar-refractivity contribution in [3.05, 3.63) is 192 Å². The van der Waals surface area contributed by atoms with E-state index < -0.39 is 164 Å². The number of hydrogen-bond donors (Lipinski definition) is 1. The van der Waals surface area contributed by atoms with Crippen LogP contribution in [0.25, 0.3) is 44.1 Å². The van der Waals surface area contributed by atoms with E-state index in [1.165, 1.54) is 4.68 Å². The average molecular weight is 1560 g/mol. The predicted octanol–water partition coefficient (Wildman–Crippen LogP) is 17.7. The van der Waals surface area contributed by atoms with Crippen molar-refractivity contribution < 1.29 is 70.7 Å². The molecule has 0 amide bonds. The number of alkyl halides is 8. The molecule has 4 aliphatic carbocycles. The van der Waals surface area contributed by atoms with Crippen LogP contribution in [0, 0.1) is 69.6 Å². The monoisotopic (exact) mass is 1550 g/mol. The molecular weight excluding hydrogens is 1490 g/mol. The molecule has 564 valence electrons. The number of halogens is 14. The van der Waals surface area contributed by atoms with Gasteiger partial charge in [-0.05, 0) is 163 Å². The fourth-order valence-electron chi connectivity index (χ4n) is 15.0. The fourth-order valence-corrected chi connectivity index (χ4v) is 16.3. The molecule has 0 bridgehead atoms. The van der Waals surface area contributed by atoms with Gasteiger partial charge < -0.3 is 5.73 Å². The minimum Gasteiger partial charge on any atom is -0.382 e.